The first-order valence-electron chi connectivity index (χ1n) is 18.4. The number of carbonyl (C=O) groups is 2. The molecule has 274 valence electrons. The van der Waals surface area contributed by atoms with Crippen molar-refractivity contribution in [3.63, 3.8) is 0 Å². The summed E-state index contributed by atoms with van der Waals surface area (Å²) in [5.74, 6) is -0.563. The van der Waals surface area contributed by atoms with Crippen molar-refractivity contribution >= 4 is 58.3 Å². The molecule has 7 rings (SSSR count). The van der Waals surface area contributed by atoms with Gasteiger partial charge in [-0.05, 0) is 142 Å². The Morgan fingerprint density at radius 3 is 1.24 bits per heavy atom. The second-order valence-electron chi connectivity index (χ2n) is 14.4. The number of ether oxygens (including phenoxy) is 2. The molecule has 8 bridgehead atoms. The maximum atomic E-state index is 12.5. The summed E-state index contributed by atoms with van der Waals surface area (Å²) in [4.78, 5) is 43.2. The lowest BCUT2D eigenvalue weighted by atomic mass is 9.92. The molecule has 0 saturated carbocycles. The third kappa shape index (κ3) is 6.92. The third-order valence-electron chi connectivity index (χ3n) is 10.4. The topological polar surface area (TPSA) is 110 Å². The van der Waals surface area contributed by atoms with Gasteiger partial charge in [0.1, 0.15) is 0 Å². The predicted octanol–water partition coefficient (Wildman–Crippen LogP) is 10.1. The third-order valence-corrected chi connectivity index (χ3v) is 10.4. The van der Waals surface area contributed by atoms with E-state index >= 15 is 0 Å². The van der Waals surface area contributed by atoms with Gasteiger partial charge in [-0.2, -0.15) is 0 Å². The van der Waals surface area contributed by atoms with E-state index in [9.17, 15) is 9.59 Å². The quantitative estimate of drug-likeness (QED) is 0.151. The van der Waals surface area contributed by atoms with Gasteiger partial charge in [0, 0.05) is 51.6 Å². The van der Waals surface area contributed by atoms with Gasteiger partial charge in [-0.3, -0.25) is 9.59 Å². The highest BCUT2D eigenvalue weighted by Gasteiger charge is 2.21. The Labute approximate surface area is 316 Å². The lowest BCUT2D eigenvalue weighted by Gasteiger charge is -2.13. The number of aryl methyl sites for hydroxylation is 7. The van der Waals surface area contributed by atoms with E-state index in [4.69, 9.17) is 19.4 Å². The van der Waals surface area contributed by atoms with Crippen molar-refractivity contribution in [1.82, 2.24) is 19.9 Å². The zero-order chi connectivity index (χ0) is 38.3. The van der Waals surface area contributed by atoms with Crippen molar-refractivity contribution in [1.29, 1.82) is 0 Å². The highest BCUT2D eigenvalue weighted by Crippen LogP contribution is 2.39. The normalized spacial score (nSPS) is 12.0. The highest BCUT2D eigenvalue weighted by molar-refractivity contribution is 5.96. The van der Waals surface area contributed by atoms with Crippen molar-refractivity contribution < 1.29 is 19.1 Å². The maximum absolute atomic E-state index is 12.5. The number of nitrogens with one attached hydrogen (secondary N) is 2. The summed E-state index contributed by atoms with van der Waals surface area (Å²) < 4.78 is 10.2. The number of benzene rings is 2. The molecule has 2 aliphatic heterocycles. The van der Waals surface area contributed by atoms with Gasteiger partial charge in [0.25, 0.3) is 0 Å². The Morgan fingerprint density at radius 2 is 0.852 bits per heavy atom. The Bertz CT molecular complexity index is 2380. The highest BCUT2D eigenvalue weighted by atomic mass is 16.5. The van der Waals surface area contributed by atoms with Crippen LogP contribution in [0, 0.1) is 41.5 Å². The Hall–Kier alpha value is -6.02. The average Bonchev–Trinajstić information content (AvgIpc) is 3.96. The lowest BCUT2D eigenvalue weighted by molar-refractivity contribution is -0.141. The van der Waals surface area contributed by atoms with Crippen LogP contribution in [0.3, 0.4) is 0 Å². The zero-order valence-electron chi connectivity index (χ0n) is 32.3. The molecular formula is C46H46N4O4. The van der Waals surface area contributed by atoms with Crippen LogP contribution < -0.4 is 0 Å². The Kier molecular flexibility index (Phi) is 9.95. The fourth-order valence-electron chi connectivity index (χ4n) is 8.18. The summed E-state index contributed by atoms with van der Waals surface area (Å²) in [5.41, 5.74) is 19.7. The minimum atomic E-state index is -0.290. The van der Waals surface area contributed by atoms with Crippen LogP contribution in [-0.4, -0.2) is 46.1 Å². The van der Waals surface area contributed by atoms with Gasteiger partial charge in [0.2, 0.25) is 0 Å². The van der Waals surface area contributed by atoms with E-state index in [-0.39, 0.29) is 24.8 Å². The van der Waals surface area contributed by atoms with Crippen LogP contribution in [0.2, 0.25) is 0 Å². The number of hydrogen-bond donors (Lipinski definition) is 2. The van der Waals surface area contributed by atoms with Crippen LogP contribution in [0.25, 0.3) is 68.6 Å². The summed E-state index contributed by atoms with van der Waals surface area (Å²) in [6.07, 6.45) is 9.45. The smallest absolute Gasteiger partial charge is 0.305 e. The molecule has 0 radical (unpaired) electrons. The number of aromatic amines is 2. The van der Waals surface area contributed by atoms with Gasteiger partial charge < -0.3 is 19.4 Å². The van der Waals surface area contributed by atoms with E-state index in [1.54, 1.807) is 0 Å². The van der Waals surface area contributed by atoms with Gasteiger partial charge in [0.15, 0.2) is 0 Å². The fourth-order valence-corrected chi connectivity index (χ4v) is 8.18. The minimum absolute atomic E-state index is 0.194. The van der Waals surface area contributed by atoms with Crippen LogP contribution in [0.5, 0.6) is 0 Å². The molecule has 0 saturated heterocycles. The number of carbonyl (C=O) groups excluding carboxylic acids is 2. The van der Waals surface area contributed by atoms with Crippen molar-refractivity contribution in [3.8, 4) is 22.3 Å². The molecule has 0 fully saturated rings. The van der Waals surface area contributed by atoms with Crippen LogP contribution in [0.1, 0.15) is 80.1 Å². The van der Waals surface area contributed by atoms with Crippen LogP contribution >= 0.6 is 0 Å². The molecule has 0 unspecified atom stereocenters. The molecule has 54 heavy (non-hydrogen) atoms. The molecule has 8 heteroatoms. The second kappa shape index (κ2) is 14.8. The molecule has 0 aliphatic carbocycles. The van der Waals surface area contributed by atoms with E-state index in [0.29, 0.717) is 12.8 Å². The van der Waals surface area contributed by atoms with Gasteiger partial charge in [-0.25, -0.2) is 9.97 Å². The monoisotopic (exact) mass is 718 g/mol. The van der Waals surface area contributed by atoms with E-state index in [2.05, 4.69) is 112 Å². The van der Waals surface area contributed by atoms with Crippen molar-refractivity contribution in [2.75, 3.05) is 14.2 Å². The number of nitrogens with zero attached hydrogens (tertiary/aromatic N) is 2. The summed E-state index contributed by atoms with van der Waals surface area (Å²) in [5, 5.41) is 0. The number of esters is 2. The van der Waals surface area contributed by atoms with Crippen LogP contribution in [0.15, 0.2) is 48.5 Å². The number of fused-ring (bicyclic) bond motifs is 8. The molecular weight excluding hydrogens is 673 g/mol. The molecule has 5 aromatic rings. The SMILES string of the molecule is COC(=O)CCc1c2nc(c(-c3c(C)cc(C)cc3C)c3ccc([nH]3)c(CCC(=O)OC)c3ccc([nH]3)c(-c3c(C)cc(C)cc3C)c3nc1C=C3)C=C2. The molecule has 2 N–H and O–H groups in total. The van der Waals surface area contributed by atoms with Gasteiger partial charge in [0.05, 0.1) is 37.0 Å². The van der Waals surface area contributed by atoms with Gasteiger partial charge >= 0.3 is 11.9 Å². The molecule has 8 nitrogen and oxygen atoms in total. The van der Waals surface area contributed by atoms with Gasteiger partial charge in [-0.1, -0.05) is 35.4 Å². The zero-order valence-corrected chi connectivity index (χ0v) is 32.3. The van der Waals surface area contributed by atoms with E-state index in [0.717, 1.165) is 100 Å². The minimum Gasteiger partial charge on any atom is -0.469 e. The molecule has 2 aromatic carbocycles. The first-order chi connectivity index (χ1) is 25.9. The van der Waals surface area contributed by atoms with Crippen LogP contribution in [0.4, 0.5) is 0 Å². The number of rotatable bonds is 8. The standard InChI is InChI=1S/C46H46N4O4/c1-25-21-27(3)43(28(4)22-25)45-37-15-11-33(47-37)31(9-19-41(51)53-7)35-13-17-39(49-35)46(44-29(5)23-26(2)24-30(44)6)40-18-14-36(50-40)32(10-20-42(52)54-8)34-12-16-38(45)48-34/h11-18,21-24,47,49H,9-10,19-20H2,1-8H3. The Balaban J connectivity index is 1.66. The van der Waals surface area contributed by atoms with E-state index in [1.165, 1.54) is 25.3 Å². The second-order valence-corrected chi connectivity index (χ2v) is 14.4. The van der Waals surface area contributed by atoms with Crippen molar-refractivity contribution in [3.05, 3.63) is 116 Å². The average molecular weight is 719 g/mol. The molecule has 0 atom stereocenters. The van der Waals surface area contributed by atoms with Gasteiger partial charge in [-0.15, -0.1) is 0 Å². The molecule has 5 heterocycles. The largest absolute Gasteiger partial charge is 0.469 e. The van der Waals surface area contributed by atoms with Crippen molar-refractivity contribution in [2.45, 2.75) is 67.2 Å². The molecule has 0 amide bonds. The first kappa shape index (κ1) is 36.3. The van der Waals surface area contributed by atoms with Crippen LogP contribution in [-0.2, 0) is 31.9 Å². The van der Waals surface area contributed by atoms with Crippen molar-refractivity contribution in [2.24, 2.45) is 0 Å². The number of H-pyrrole nitrogens is 2. The molecule has 2 aliphatic rings. The number of hydrogen-bond acceptors (Lipinski definition) is 6. The predicted molar refractivity (Wildman–Crippen MR) is 219 cm³/mol. The summed E-state index contributed by atoms with van der Waals surface area (Å²) in [6.45, 7) is 12.8. The van der Waals surface area contributed by atoms with E-state index in [1.807, 2.05) is 12.2 Å². The fraction of sp³-hybridized carbons (Fsp3) is 0.261. The van der Waals surface area contributed by atoms with E-state index < -0.39 is 0 Å². The summed E-state index contributed by atoms with van der Waals surface area (Å²) in [7, 11) is 2.84. The molecule has 3 aromatic heterocycles. The number of methoxy groups -OCH3 is 2. The molecule has 0 spiro atoms. The summed E-state index contributed by atoms with van der Waals surface area (Å²) >= 11 is 0. The number of aromatic nitrogens is 4. The first-order valence-corrected chi connectivity index (χ1v) is 18.4. The lowest BCUT2D eigenvalue weighted by Crippen LogP contribution is -2.04. The Morgan fingerprint density at radius 1 is 0.500 bits per heavy atom. The summed E-state index contributed by atoms with van der Waals surface area (Å²) in [6, 6.07) is 17.2. The maximum Gasteiger partial charge on any atom is 0.305 e.